The first kappa shape index (κ1) is 42.0. The van der Waals surface area contributed by atoms with Crippen LogP contribution >= 0.6 is 0 Å². The van der Waals surface area contributed by atoms with E-state index in [-0.39, 0.29) is 0 Å². The Hall–Kier alpha value is -9.70. The quantitative estimate of drug-likeness (QED) is 0.159. The molecule has 1 aromatic heterocycles. The lowest BCUT2D eigenvalue weighted by molar-refractivity contribution is 0.670. The van der Waals surface area contributed by atoms with Gasteiger partial charge in [-0.1, -0.05) is 224 Å². The number of furan rings is 1. The van der Waals surface area contributed by atoms with Crippen LogP contribution in [0.2, 0.25) is 0 Å². The van der Waals surface area contributed by atoms with E-state index in [0.717, 1.165) is 66.9 Å². The smallest absolute Gasteiger partial charge is 0.143 e. The summed E-state index contributed by atoms with van der Waals surface area (Å²) in [7, 11) is 0. The van der Waals surface area contributed by atoms with Gasteiger partial charge in [0.05, 0.1) is 28.2 Å². The van der Waals surface area contributed by atoms with Gasteiger partial charge < -0.3 is 14.2 Å². The van der Waals surface area contributed by atoms with Crippen LogP contribution in [0.15, 0.2) is 283 Å². The standard InChI is InChI=1S/C71H46N2O/c1-2-24-48(25-3-1)72-67-41-17-13-37-62(67)71(63-38-14-18-42-68(63)72)61-36-12-8-29-54(61)55-45-44-49(46-64(55)71)73(66-40-16-10-31-57(66)59-34-21-35-60-58-32-11-19-43-69(58)74-70(59)60)65-39-15-9-30-56(65)53-28-7-6-27-52(53)51-33-20-23-47-22-4-5-26-50(47)51/h1-46H. The number of hydrogen-bond donors (Lipinski definition) is 0. The van der Waals surface area contributed by atoms with Crippen molar-refractivity contribution < 1.29 is 4.42 Å². The van der Waals surface area contributed by atoms with E-state index in [4.69, 9.17) is 4.42 Å². The zero-order valence-corrected chi connectivity index (χ0v) is 40.4. The maximum absolute atomic E-state index is 6.83. The van der Waals surface area contributed by atoms with E-state index in [1.165, 1.54) is 66.7 Å². The number of para-hydroxylation sites is 7. The van der Waals surface area contributed by atoms with Gasteiger partial charge in [0.15, 0.2) is 0 Å². The second-order valence-electron chi connectivity index (χ2n) is 19.5. The molecule has 3 heteroatoms. The van der Waals surface area contributed by atoms with Crippen molar-refractivity contribution >= 4 is 66.8 Å². The molecular formula is C71H46N2O. The van der Waals surface area contributed by atoms with E-state index in [2.05, 4.69) is 283 Å². The summed E-state index contributed by atoms with van der Waals surface area (Å²) in [6, 6.07) is 102. The van der Waals surface area contributed by atoms with E-state index in [0.29, 0.717) is 0 Å². The van der Waals surface area contributed by atoms with E-state index < -0.39 is 5.41 Å². The monoisotopic (exact) mass is 942 g/mol. The Morgan fingerprint density at radius 3 is 1.54 bits per heavy atom. The Balaban J connectivity index is 1.02. The Labute approximate surface area is 430 Å². The van der Waals surface area contributed by atoms with E-state index in [1.54, 1.807) is 0 Å². The molecule has 12 aromatic carbocycles. The summed E-state index contributed by atoms with van der Waals surface area (Å²) < 4.78 is 6.83. The first-order valence-electron chi connectivity index (χ1n) is 25.5. The molecule has 346 valence electrons. The summed E-state index contributed by atoms with van der Waals surface area (Å²) in [5.74, 6) is 0. The first-order valence-corrected chi connectivity index (χ1v) is 25.5. The van der Waals surface area contributed by atoms with Crippen molar-refractivity contribution in [1.29, 1.82) is 0 Å². The molecular weight excluding hydrogens is 897 g/mol. The molecule has 1 aliphatic heterocycles. The van der Waals surface area contributed by atoms with Crippen LogP contribution in [0.5, 0.6) is 0 Å². The summed E-state index contributed by atoms with van der Waals surface area (Å²) in [5, 5.41) is 4.65. The molecule has 0 amide bonds. The zero-order chi connectivity index (χ0) is 48.7. The van der Waals surface area contributed by atoms with Gasteiger partial charge in [-0.2, -0.15) is 0 Å². The molecule has 0 saturated heterocycles. The molecule has 1 aliphatic carbocycles. The third kappa shape index (κ3) is 6.14. The highest BCUT2D eigenvalue weighted by molar-refractivity contribution is 6.11. The van der Waals surface area contributed by atoms with Crippen LogP contribution in [-0.2, 0) is 5.41 Å². The number of fused-ring (bicyclic) bond motifs is 13. The maximum Gasteiger partial charge on any atom is 0.143 e. The lowest BCUT2D eigenvalue weighted by Crippen LogP contribution is -2.36. The second-order valence-corrected chi connectivity index (χ2v) is 19.5. The van der Waals surface area contributed by atoms with Crippen molar-refractivity contribution in [2.45, 2.75) is 5.41 Å². The Morgan fingerprint density at radius 1 is 0.311 bits per heavy atom. The van der Waals surface area contributed by atoms with Gasteiger partial charge in [0, 0.05) is 38.8 Å². The second kappa shape index (κ2) is 16.7. The number of nitrogens with zero attached hydrogens (tertiary/aromatic N) is 2. The normalized spacial score (nSPS) is 12.9. The fourth-order valence-corrected chi connectivity index (χ4v) is 12.7. The number of benzene rings is 12. The van der Waals surface area contributed by atoms with Crippen LogP contribution in [0.4, 0.5) is 34.1 Å². The van der Waals surface area contributed by atoms with Gasteiger partial charge >= 0.3 is 0 Å². The van der Waals surface area contributed by atoms with Gasteiger partial charge in [0.1, 0.15) is 11.2 Å². The molecule has 0 atom stereocenters. The van der Waals surface area contributed by atoms with Crippen molar-refractivity contribution in [3.63, 3.8) is 0 Å². The zero-order valence-electron chi connectivity index (χ0n) is 40.4. The van der Waals surface area contributed by atoms with Crippen molar-refractivity contribution in [3.05, 3.63) is 301 Å². The number of hydrogen-bond acceptors (Lipinski definition) is 3. The highest BCUT2D eigenvalue weighted by Gasteiger charge is 2.52. The molecule has 0 radical (unpaired) electrons. The van der Waals surface area contributed by atoms with Crippen LogP contribution in [0, 0.1) is 0 Å². The number of rotatable bonds is 7. The highest BCUT2D eigenvalue weighted by atomic mass is 16.3. The molecule has 3 nitrogen and oxygen atoms in total. The minimum Gasteiger partial charge on any atom is -0.455 e. The van der Waals surface area contributed by atoms with Gasteiger partial charge in [0.2, 0.25) is 0 Å². The van der Waals surface area contributed by atoms with Crippen molar-refractivity contribution in [2.75, 3.05) is 9.80 Å². The minimum absolute atomic E-state index is 0.647. The van der Waals surface area contributed by atoms with Crippen LogP contribution < -0.4 is 9.80 Å². The molecule has 2 heterocycles. The summed E-state index contributed by atoms with van der Waals surface area (Å²) in [4.78, 5) is 4.96. The molecule has 0 saturated carbocycles. The van der Waals surface area contributed by atoms with Crippen LogP contribution in [0.3, 0.4) is 0 Å². The van der Waals surface area contributed by atoms with Gasteiger partial charge in [-0.25, -0.2) is 0 Å². The fourth-order valence-electron chi connectivity index (χ4n) is 12.7. The third-order valence-electron chi connectivity index (χ3n) is 15.7. The predicted octanol–water partition coefficient (Wildman–Crippen LogP) is 19.4. The summed E-state index contributed by atoms with van der Waals surface area (Å²) >= 11 is 0. The van der Waals surface area contributed by atoms with Crippen LogP contribution in [0.25, 0.3) is 77.2 Å². The van der Waals surface area contributed by atoms with Gasteiger partial charge in [-0.15, -0.1) is 0 Å². The fraction of sp³-hybridized carbons (Fsp3) is 0.0141. The predicted molar refractivity (Wildman–Crippen MR) is 308 cm³/mol. The van der Waals surface area contributed by atoms with E-state index >= 15 is 0 Å². The van der Waals surface area contributed by atoms with Gasteiger partial charge in [-0.05, 0) is 115 Å². The average molecular weight is 943 g/mol. The Bertz CT molecular complexity index is 4300. The van der Waals surface area contributed by atoms with E-state index in [1.807, 2.05) is 6.07 Å². The van der Waals surface area contributed by atoms with Crippen LogP contribution in [-0.4, -0.2) is 0 Å². The van der Waals surface area contributed by atoms with Crippen molar-refractivity contribution in [2.24, 2.45) is 0 Å². The molecule has 74 heavy (non-hydrogen) atoms. The summed E-state index contributed by atoms with van der Waals surface area (Å²) in [6.07, 6.45) is 0. The van der Waals surface area contributed by atoms with Crippen molar-refractivity contribution in [3.8, 4) is 44.5 Å². The largest absolute Gasteiger partial charge is 0.455 e. The van der Waals surface area contributed by atoms with Crippen LogP contribution in [0.1, 0.15) is 22.3 Å². The SMILES string of the molecule is c1ccc(N2c3ccccc3C3(c4ccccc4-c4ccc(N(c5ccccc5-c5ccccc5-c5cccc6ccccc56)c5ccccc5-c5cccc6c5oc5ccccc56)cc43)c3ccccc32)cc1. The molecule has 0 N–H and O–H groups in total. The lowest BCUT2D eigenvalue weighted by atomic mass is 9.64. The molecule has 13 aromatic rings. The molecule has 2 aliphatic rings. The molecule has 0 unspecified atom stereocenters. The van der Waals surface area contributed by atoms with Gasteiger partial charge in [0.25, 0.3) is 0 Å². The van der Waals surface area contributed by atoms with E-state index in [9.17, 15) is 0 Å². The Morgan fingerprint density at radius 2 is 0.797 bits per heavy atom. The molecule has 0 bridgehead atoms. The van der Waals surface area contributed by atoms with Gasteiger partial charge in [-0.3, -0.25) is 0 Å². The topological polar surface area (TPSA) is 19.6 Å². The Kier molecular flexibility index (Phi) is 9.48. The maximum atomic E-state index is 6.83. The minimum atomic E-state index is -0.647. The number of anilines is 6. The summed E-state index contributed by atoms with van der Waals surface area (Å²) in [6.45, 7) is 0. The first-order chi connectivity index (χ1) is 36.8. The summed E-state index contributed by atoms with van der Waals surface area (Å²) in [5.41, 5.74) is 22.0. The lowest BCUT2D eigenvalue weighted by Gasteiger charge is -2.45. The highest BCUT2D eigenvalue weighted by Crippen LogP contribution is 2.64. The molecule has 15 rings (SSSR count). The molecule has 1 spiro atoms. The average Bonchev–Trinajstić information content (AvgIpc) is 4.00. The molecule has 0 fully saturated rings. The third-order valence-corrected chi connectivity index (χ3v) is 15.7. The van der Waals surface area contributed by atoms with Crippen molar-refractivity contribution in [1.82, 2.24) is 0 Å².